The van der Waals surface area contributed by atoms with Gasteiger partial charge in [-0.2, -0.15) is 0 Å². The van der Waals surface area contributed by atoms with E-state index in [9.17, 15) is 0 Å². The van der Waals surface area contributed by atoms with Crippen LogP contribution in [0.5, 0.6) is 0 Å². The third-order valence-corrected chi connectivity index (χ3v) is 2.81. The van der Waals surface area contributed by atoms with Gasteiger partial charge in [-0.3, -0.25) is 4.99 Å². The van der Waals surface area contributed by atoms with Gasteiger partial charge in [0.2, 0.25) is 0 Å². The fraction of sp³-hybridized carbons (Fsp3) is 0.900. The number of hydrogen-bond donors (Lipinski definition) is 1. The van der Waals surface area contributed by atoms with Crippen molar-refractivity contribution in [2.45, 2.75) is 27.2 Å². The number of rotatable bonds is 2. The maximum absolute atomic E-state index is 5.83. The van der Waals surface area contributed by atoms with Gasteiger partial charge in [0.1, 0.15) is 0 Å². The molecule has 3 heteroatoms. The van der Waals surface area contributed by atoms with E-state index in [0.717, 1.165) is 37.4 Å². The lowest BCUT2D eigenvalue weighted by molar-refractivity contribution is 0.387. The number of aliphatic imine (C=N–C) groups is 1. The molecule has 0 bridgehead atoms. The van der Waals surface area contributed by atoms with E-state index in [1.807, 2.05) is 6.92 Å². The average Bonchev–Trinajstić information content (AvgIpc) is 2.52. The Morgan fingerprint density at radius 1 is 1.62 bits per heavy atom. The Balaban J connectivity index is 2.45. The molecule has 0 amide bonds. The number of hydrogen-bond acceptors (Lipinski definition) is 1. The number of guanidine groups is 1. The van der Waals surface area contributed by atoms with Gasteiger partial charge in [-0.1, -0.05) is 13.8 Å². The highest BCUT2D eigenvalue weighted by Gasteiger charge is 2.25. The predicted octanol–water partition coefficient (Wildman–Crippen LogP) is 1.30. The summed E-state index contributed by atoms with van der Waals surface area (Å²) in [7, 11) is 0. The fourth-order valence-electron chi connectivity index (χ4n) is 1.80. The minimum atomic E-state index is 0.727. The molecule has 0 spiro atoms. The molecule has 1 atom stereocenters. The Bertz CT molecular complexity index is 187. The minimum absolute atomic E-state index is 0.727. The van der Waals surface area contributed by atoms with Crippen LogP contribution in [0.3, 0.4) is 0 Å². The van der Waals surface area contributed by atoms with Crippen molar-refractivity contribution in [1.82, 2.24) is 4.90 Å². The van der Waals surface area contributed by atoms with Gasteiger partial charge in [0.25, 0.3) is 0 Å². The van der Waals surface area contributed by atoms with Gasteiger partial charge in [-0.05, 0) is 25.2 Å². The largest absolute Gasteiger partial charge is 0.370 e. The number of likely N-dealkylation sites (tertiary alicyclic amines) is 1. The van der Waals surface area contributed by atoms with Crippen LogP contribution in [0.4, 0.5) is 0 Å². The second-order valence-electron chi connectivity index (χ2n) is 4.07. The summed E-state index contributed by atoms with van der Waals surface area (Å²) in [5.41, 5.74) is 5.83. The molecule has 0 radical (unpaired) electrons. The molecule has 1 unspecified atom stereocenters. The van der Waals surface area contributed by atoms with Gasteiger partial charge in [0.15, 0.2) is 5.96 Å². The Labute approximate surface area is 81.0 Å². The molecule has 0 aromatic rings. The van der Waals surface area contributed by atoms with Crippen molar-refractivity contribution in [1.29, 1.82) is 0 Å². The first kappa shape index (κ1) is 10.4. The smallest absolute Gasteiger partial charge is 0.191 e. The zero-order valence-corrected chi connectivity index (χ0v) is 8.95. The van der Waals surface area contributed by atoms with Gasteiger partial charge in [0.05, 0.1) is 0 Å². The van der Waals surface area contributed by atoms with Crippen molar-refractivity contribution in [3.05, 3.63) is 0 Å². The zero-order chi connectivity index (χ0) is 9.84. The number of nitrogens with two attached hydrogens (primary N) is 1. The van der Waals surface area contributed by atoms with E-state index in [0.29, 0.717) is 0 Å². The van der Waals surface area contributed by atoms with E-state index < -0.39 is 0 Å². The first-order valence-corrected chi connectivity index (χ1v) is 5.20. The van der Waals surface area contributed by atoms with Crippen LogP contribution in [0.25, 0.3) is 0 Å². The Kier molecular flexibility index (Phi) is 3.58. The van der Waals surface area contributed by atoms with Crippen LogP contribution in [0.1, 0.15) is 27.2 Å². The molecule has 0 aromatic heterocycles. The predicted molar refractivity (Wildman–Crippen MR) is 56.7 cm³/mol. The SMILES string of the molecule is CCN=C(N)N1CCC(C(C)C)C1. The quantitative estimate of drug-likeness (QED) is 0.518. The van der Waals surface area contributed by atoms with Gasteiger partial charge >= 0.3 is 0 Å². The second kappa shape index (κ2) is 4.49. The Hall–Kier alpha value is -0.730. The molecule has 1 fully saturated rings. The third-order valence-electron chi connectivity index (χ3n) is 2.81. The van der Waals surface area contributed by atoms with Crippen LogP contribution < -0.4 is 5.73 Å². The molecular formula is C10H21N3. The maximum Gasteiger partial charge on any atom is 0.191 e. The van der Waals surface area contributed by atoms with Crippen LogP contribution in [-0.4, -0.2) is 30.5 Å². The summed E-state index contributed by atoms with van der Waals surface area (Å²) in [6, 6.07) is 0. The van der Waals surface area contributed by atoms with Crippen molar-refractivity contribution < 1.29 is 0 Å². The summed E-state index contributed by atoms with van der Waals surface area (Å²) in [6.45, 7) is 9.53. The summed E-state index contributed by atoms with van der Waals surface area (Å²) in [6.07, 6.45) is 1.26. The van der Waals surface area contributed by atoms with Crippen molar-refractivity contribution in [3.63, 3.8) is 0 Å². The van der Waals surface area contributed by atoms with Crippen LogP contribution in [0.2, 0.25) is 0 Å². The summed E-state index contributed by atoms with van der Waals surface area (Å²) >= 11 is 0. The molecule has 1 aliphatic heterocycles. The van der Waals surface area contributed by atoms with E-state index in [-0.39, 0.29) is 0 Å². The van der Waals surface area contributed by atoms with E-state index in [2.05, 4.69) is 23.7 Å². The minimum Gasteiger partial charge on any atom is -0.370 e. The Morgan fingerprint density at radius 3 is 2.77 bits per heavy atom. The highest BCUT2D eigenvalue weighted by Crippen LogP contribution is 2.22. The summed E-state index contributed by atoms with van der Waals surface area (Å²) in [5, 5.41) is 0. The molecule has 2 N–H and O–H groups in total. The van der Waals surface area contributed by atoms with Crippen molar-refractivity contribution in [3.8, 4) is 0 Å². The van der Waals surface area contributed by atoms with Crippen molar-refractivity contribution in [2.24, 2.45) is 22.6 Å². The second-order valence-corrected chi connectivity index (χ2v) is 4.07. The lowest BCUT2D eigenvalue weighted by Gasteiger charge is -2.18. The molecule has 76 valence electrons. The van der Waals surface area contributed by atoms with Crippen LogP contribution in [0.15, 0.2) is 4.99 Å². The third kappa shape index (κ3) is 2.61. The monoisotopic (exact) mass is 183 g/mol. The van der Waals surface area contributed by atoms with Crippen LogP contribution in [-0.2, 0) is 0 Å². The summed E-state index contributed by atoms with van der Waals surface area (Å²) in [4.78, 5) is 6.42. The lowest BCUT2D eigenvalue weighted by atomic mass is 9.95. The molecule has 1 heterocycles. The first-order chi connectivity index (χ1) is 6.15. The summed E-state index contributed by atoms with van der Waals surface area (Å²) in [5.74, 6) is 2.29. The topological polar surface area (TPSA) is 41.6 Å². The number of nitrogens with zero attached hydrogens (tertiary/aromatic N) is 2. The van der Waals surface area contributed by atoms with E-state index in [1.165, 1.54) is 6.42 Å². The molecular weight excluding hydrogens is 162 g/mol. The van der Waals surface area contributed by atoms with E-state index in [4.69, 9.17) is 5.73 Å². The molecule has 0 aromatic carbocycles. The molecule has 1 rings (SSSR count). The van der Waals surface area contributed by atoms with Crippen molar-refractivity contribution in [2.75, 3.05) is 19.6 Å². The first-order valence-electron chi connectivity index (χ1n) is 5.20. The van der Waals surface area contributed by atoms with Gasteiger partial charge in [-0.25, -0.2) is 0 Å². The van der Waals surface area contributed by atoms with Gasteiger partial charge < -0.3 is 10.6 Å². The molecule has 0 saturated carbocycles. The fourth-order valence-corrected chi connectivity index (χ4v) is 1.80. The molecule has 3 nitrogen and oxygen atoms in total. The molecule has 1 saturated heterocycles. The van der Waals surface area contributed by atoms with E-state index >= 15 is 0 Å². The maximum atomic E-state index is 5.83. The van der Waals surface area contributed by atoms with Gasteiger partial charge in [0, 0.05) is 19.6 Å². The molecule has 1 aliphatic rings. The highest BCUT2D eigenvalue weighted by atomic mass is 15.3. The lowest BCUT2D eigenvalue weighted by Crippen LogP contribution is -2.36. The normalized spacial score (nSPS) is 24.5. The van der Waals surface area contributed by atoms with E-state index in [1.54, 1.807) is 0 Å². The molecule has 13 heavy (non-hydrogen) atoms. The standard InChI is InChI=1S/C10H21N3/c1-4-12-10(11)13-6-5-9(7-13)8(2)3/h8-9H,4-7H2,1-3H3,(H2,11,12). The van der Waals surface area contributed by atoms with Gasteiger partial charge in [-0.15, -0.1) is 0 Å². The van der Waals surface area contributed by atoms with Crippen molar-refractivity contribution >= 4 is 5.96 Å². The molecule has 0 aliphatic carbocycles. The zero-order valence-electron chi connectivity index (χ0n) is 8.95. The Morgan fingerprint density at radius 2 is 2.31 bits per heavy atom. The van der Waals surface area contributed by atoms with Crippen LogP contribution >= 0.6 is 0 Å². The van der Waals surface area contributed by atoms with Crippen LogP contribution in [0, 0.1) is 11.8 Å². The highest BCUT2D eigenvalue weighted by molar-refractivity contribution is 5.78. The average molecular weight is 183 g/mol. The summed E-state index contributed by atoms with van der Waals surface area (Å²) < 4.78 is 0.